The second-order valence-electron chi connectivity index (χ2n) is 6.41. The summed E-state index contributed by atoms with van der Waals surface area (Å²) in [5.41, 5.74) is 3.90. The number of furan rings is 1. The molecule has 0 amide bonds. The lowest BCUT2D eigenvalue weighted by Crippen LogP contribution is -2.52. The molecule has 5 heteroatoms. The average molecular weight is 321 g/mol. The highest BCUT2D eigenvalue weighted by atomic mass is 16.3. The normalized spacial score (nSPS) is 16.5. The van der Waals surface area contributed by atoms with Gasteiger partial charge in [0, 0.05) is 33.3 Å². The van der Waals surface area contributed by atoms with Crippen LogP contribution in [0.1, 0.15) is 27.9 Å². The standard InChI is InChI=1S/C19H21BN3O/c1-12-9-17(22(5)11-13(12)2)23-14(3)10-16-18(20(23)4)15-7-6-8-21-19(15)24-16/h6-11H,1-5H3/q+1/i2D3. The van der Waals surface area contributed by atoms with Crippen LogP contribution in [0.4, 0.5) is 5.82 Å². The van der Waals surface area contributed by atoms with Gasteiger partial charge in [0.05, 0.1) is 18.9 Å². The summed E-state index contributed by atoms with van der Waals surface area (Å²) >= 11 is 0. The van der Waals surface area contributed by atoms with E-state index in [0.717, 1.165) is 33.7 Å². The topological polar surface area (TPSA) is 33.2 Å². The van der Waals surface area contributed by atoms with Gasteiger partial charge in [-0.15, -0.1) is 0 Å². The maximum absolute atomic E-state index is 7.75. The Hall–Kier alpha value is -2.56. The molecule has 4 rings (SSSR count). The molecule has 120 valence electrons. The van der Waals surface area contributed by atoms with Crippen LogP contribution in [0.5, 0.6) is 0 Å². The van der Waals surface area contributed by atoms with Gasteiger partial charge in [0.15, 0.2) is 0 Å². The molecule has 0 radical (unpaired) electrons. The molecule has 0 unspecified atom stereocenters. The Bertz CT molecular complexity index is 1090. The molecule has 4 nitrogen and oxygen atoms in total. The second kappa shape index (κ2) is 5.23. The smallest absolute Gasteiger partial charge is 0.413 e. The summed E-state index contributed by atoms with van der Waals surface area (Å²) in [6.07, 6.45) is 5.46. The first-order valence-corrected chi connectivity index (χ1v) is 8.04. The highest BCUT2D eigenvalue weighted by Crippen LogP contribution is 2.28. The number of pyridine rings is 2. The molecule has 24 heavy (non-hydrogen) atoms. The van der Waals surface area contributed by atoms with Crippen molar-refractivity contribution in [3.8, 4) is 0 Å². The molecule has 3 aromatic heterocycles. The maximum Gasteiger partial charge on any atom is 0.413 e. The Morgan fingerprint density at radius 3 is 2.96 bits per heavy atom. The van der Waals surface area contributed by atoms with Gasteiger partial charge in [-0.25, -0.2) is 9.55 Å². The minimum Gasteiger partial charge on any atom is -0.439 e. The lowest BCUT2D eigenvalue weighted by atomic mass is 9.54. The number of anilines is 1. The van der Waals surface area contributed by atoms with E-state index in [2.05, 4.69) is 16.6 Å². The van der Waals surface area contributed by atoms with Crippen LogP contribution >= 0.6 is 0 Å². The van der Waals surface area contributed by atoms with Crippen LogP contribution in [0.2, 0.25) is 6.82 Å². The number of rotatable bonds is 1. The minimum atomic E-state index is -2.13. The molecular weight excluding hydrogens is 297 g/mol. The van der Waals surface area contributed by atoms with Crippen molar-refractivity contribution >= 4 is 35.3 Å². The van der Waals surface area contributed by atoms with E-state index in [9.17, 15) is 0 Å². The molecular formula is C19H21BN3O+. The van der Waals surface area contributed by atoms with Crippen LogP contribution in [0.15, 0.2) is 40.7 Å². The van der Waals surface area contributed by atoms with E-state index >= 15 is 0 Å². The molecule has 0 aliphatic carbocycles. The molecule has 0 saturated heterocycles. The third-order valence-corrected chi connectivity index (χ3v) is 4.76. The largest absolute Gasteiger partial charge is 0.439 e. The van der Waals surface area contributed by atoms with Gasteiger partial charge >= 0.3 is 6.85 Å². The molecule has 0 atom stereocenters. The first-order chi connectivity index (χ1) is 12.7. The van der Waals surface area contributed by atoms with Gasteiger partial charge in [0.1, 0.15) is 5.76 Å². The van der Waals surface area contributed by atoms with Crippen LogP contribution in [0, 0.1) is 13.8 Å². The Morgan fingerprint density at radius 2 is 2.17 bits per heavy atom. The van der Waals surface area contributed by atoms with Crippen molar-refractivity contribution in [3.63, 3.8) is 0 Å². The molecule has 0 saturated carbocycles. The summed E-state index contributed by atoms with van der Waals surface area (Å²) in [5.74, 6) is 1.77. The number of aromatic nitrogens is 2. The molecule has 1 aliphatic heterocycles. The Balaban J connectivity index is 1.87. The quantitative estimate of drug-likeness (QED) is 0.510. The zero-order valence-corrected chi connectivity index (χ0v) is 14.3. The lowest BCUT2D eigenvalue weighted by molar-refractivity contribution is -0.658. The van der Waals surface area contributed by atoms with Crippen LogP contribution in [0.25, 0.3) is 17.2 Å². The van der Waals surface area contributed by atoms with E-state index in [1.165, 1.54) is 0 Å². The number of hydrogen-bond donors (Lipinski definition) is 0. The number of fused-ring (bicyclic) bond motifs is 3. The van der Waals surface area contributed by atoms with Crippen molar-refractivity contribution in [1.29, 1.82) is 0 Å². The van der Waals surface area contributed by atoms with Gasteiger partial charge in [0.25, 0.3) is 5.82 Å². The summed E-state index contributed by atoms with van der Waals surface area (Å²) in [6.45, 7) is 3.91. The Labute approximate surface area is 146 Å². The predicted molar refractivity (Wildman–Crippen MR) is 98.5 cm³/mol. The minimum absolute atomic E-state index is 0.0275. The molecule has 0 N–H and O–H groups in total. The zero-order valence-electron chi connectivity index (χ0n) is 17.3. The third-order valence-electron chi connectivity index (χ3n) is 4.76. The average Bonchev–Trinajstić information content (AvgIpc) is 2.94. The summed E-state index contributed by atoms with van der Waals surface area (Å²) in [6, 6.07) is 5.88. The molecule has 1 aliphatic rings. The van der Waals surface area contributed by atoms with E-state index < -0.39 is 6.85 Å². The zero-order chi connectivity index (χ0) is 19.5. The predicted octanol–water partition coefficient (Wildman–Crippen LogP) is 2.98. The molecule has 0 spiro atoms. The van der Waals surface area contributed by atoms with E-state index in [-0.39, 0.29) is 6.85 Å². The van der Waals surface area contributed by atoms with Gasteiger partial charge < -0.3 is 4.42 Å². The van der Waals surface area contributed by atoms with Gasteiger partial charge in [-0.3, -0.25) is 4.81 Å². The summed E-state index contributed by atoms with van der Waals surface area (Å²) in [7, 11) is 1.88. The fourth-order valence-electron chi connectivity index (χ4n) is 3.55. The van der Waals surface area contributed by atoms with Gasteiger partial charge in [0.2, 0.25) is 5.71 Å². The first kappa shape index (κ1) is 11.9. The lowest BCUT2D eigenvalue weighted by Gasteiger charge is -2.27. The SMILES string of the molecule is [2H]C([2H])([2H])c1c[n+](C)c(N2B(C)c3c(oc4ncccc34)C=C2C)cc1C. The molecule has 3 aromatic rings. The fraction of sp³-hybridized carbons (Fsp3) is 0.263. The highest BCUT2D eigenvalue weighted by molar-refractivity contribution is 6.79. The van der Waals surface area contributed by atoms with Gasteiger partial charge in [-0.2, -0.15) is 0 Å². The monoisotopic (exact) mass is 321 g/mol. The second-order valence-corrected chi connectivity index (χ2v) is 6.41. The van der Waals surface area contributed by atoms with Crippen molar-refractivity contribution < 1.29 is 13.1 Å². The van der Waals surface area contributed by atoms with Crippen LogP contribution in [0.3, 0.4) is 0 Å². The van der Waals surface area contributed by atoms with Crippen LogP contribution in [-0.4, -0.2) is 11.8 Å². The van der Waals surface area contributed by atoms with Crippen LogP contribution < -0.4 is 14.8 Å². The molecule has 0 aromatic carbocycles. The highest BCUT2D eigenvalue weighted by Gasteiger charge is 2.40. The molecule has 0 fully saturated rings. The van der Waals surface area contributed by atoms with Crippen LogP contribution in [-0.2, 0) is 7.05 Å². The Kier molecular flexibility index (Phi) is 2.59. The first-order valence-electron chi connectivity index (χ1n) is 9.54. The van der Waals surface area contributed by atoms with Crippen molar-refractivity contribution in [2.45, 2.75) is 27.5 Å². The van der Waals surface area contributed by atoms with E-state index in [4.69, 9.17) is 8.53 Å². The number of nitrogens with zero attached hydrogens (tertiary/aromatic N) is 3. The summed E-state index contributed by atoms with van der Waals surface area (Å²) in [4.78, 5) is 6.54. The number of allylic oxidation sites excluding steroid dienone is 1. The molecule has 0 bridgehead atoms. The number of hydrogen-bond acceptors (Lipinski definition) is 3. The summed E-state index contributed by atoms with van der Waals surface area (Å²) < 4.78 is 31.1. The molecule has 4 heterocycles. The van der Waals surface area contributed by atoms with E-state index in [0.29, 0.717) is 11.3 Å². The fourth-order valence-corrected chi connectivity index (χ4v) is 3.55. The van der Waals surface area contributed by atoms with Gasteiger partial charge in [-0.05, 0) is 50.8 Å². The third kappa shape index (κ3) is 2.08. The van der Waals surface area contributed by atoms with E-state index in [1.807, 2.05) is 49.7 Å². The summed E-state index contributed by atoms with van der Waals surface area (Å²) in [5, 5.41) is 1.01. The van der Waals surface area contributed by atoms with Crippen molar-refractivity contribution in [2.24, 2.45) is 7.05 Å². The van der Waals surface area contributed by atoms with Crippen molar-refractivity contribution in [2.75, 3.05) is 4.81 Å². The van der Waals surface area contributed by atoms with Crippen molar-refractivity contribution in [3.05, 3.63) is 53.2 Å². The maximum atomic E-state index is 7.75. The number of aryl methyl sites for hydroxylation is 3. The Morgan fingerprint density at radius 1 is 1.33 bits per heavy atom. The van der Waals surface area contributed by atoms with E-state index in [1.54, 1.807) is 12.4 Å². The van der Waals surface area contributed by atoms with Gasteiger partial charge in [-0.1, -0.05) is 0 Å². The van der Waals surface area contributed by atoms with Crippen molar-refractivity contribution in [1.82, 2.24) is 4.98 Å².